The molecule has 10 nitrogen and oxygen atoms in total. The Morgan fingerprint density at radius 3 is 2.34 bits per heavy atom. The number of hydrogen-bond donors (Lipinski definition) is 2. The highest BCUT2D eigenvalue weighted by Crippen LogP contribution is 2.30. The number of carbonyl (C=O) groups is 1. The summed E-state index contributed by atoms with van der Waals surface area (Å²) in [5, 5.41) is 20.0. The van der Waals surface area contributed by atoms with E-state index in [0.717, 1.165) is 17.2 Å². The van der Waals surface area contributed by atoms with Gasteiger partial charge in [-0.25, -0.2) is 8.42 Å². The molecule has 0 radical (unpaired) electrons. The number of nitrogens with zero attached hydrogens (tertiary/aromatic N) is 5. The van der Waals surface area contributed by atoms with Gasteiger partial charge in [0.2, 0.25) is 10.0 Å². The fraction of sp³-hybridized carbons (Fsp3) is 0.233. The maximum atomic E-state index is 13.6. The van der Waals surface area contributed by atoms with Crippen LogP contribution in [-0.4, -0.2) is 76.9 Å². The van der Waals surface area contributed by atoms with Crippen LogP contribution >= 0.6 is 0 Å². The number of amides is 1. The van der Waals surface area contributed by atoms with E-state index in [9.17, 15) is 23.4 Å². The zero-order chi connectivity index (χ0) is 29.1. The molecule has 0 spiro atoms. The molecule has 1 aliphatic rings. The lowest BCUT2D eigenvalue weighted by atomic mass is 10.1. The van der Waals surface area contributed by atoms with Crippen molar-refractivity contribution in [1.29, 1.82) is 0 Å². The van der Waals surface area contributed by atoms with Gasteiger partial charge in [-0.1, -0.05) is 18.2 Å². The first kappa shape index (κ1) is 28.2. The van der Waals surface area contributed by atoms with Gasteiger partial charge in [0.1, 0.15) is 16.4 Å². The quantitative estimate of drug-likeness (QED) is 0.343. The van der Waals surface area contributed by atoms with Crippen molar-refractivity contribution >= 4 is 21.6 Å². The van der Waals surface area contributed by atoms with Gasteiger partial charge >= 0.3 is 0 Å². The Kier molecular flexibility index (Phi) is 8.02. The SMILES string of the molecule is Cc1cc(S(=O)(=O)N2CCN(C)CC2)cnc1-c1ccc(N(Cc2cccnc2)C(=O)c2ccc(O)cc2O)cc1. The number of aryl methyl sites for hydroxylation is 1. The summed E-state index contributed by atoms with van der Waals surface area (Å²) < 4.78 is 27.9. The molecule has 41 heavy (non-hydrogen) atoms. The molecule has 0 unspecified atom stereocenters. The molecule has 3 heterocycles. The van der Waals surface area contributed by atoms with Crippen LogP contribution in [0.5, 0.6) is 11.5 Å². The van der Waals surface area contributed by atoms with E-state index in [1.807, 2.05) is 32.2 Å². The second-order valence-electron chi connectivity index (χ2n) is 10.0. The van der Waals surface area contributed by atoms with Crippen LogP contribution in [0.4, 0.5) is 5.69 Å². The van der Waals surface area contributed by atoms with Crippen molar-refractivity contribution in [3.63, 3.8) is 0 Å². The molecule has 1 fully saturated rings. The van der Waals surface area contributed by atoms with Gasteiger partial charge in [0, 0.05) is 62.1 Å². The maximum Gasteiger partial charge on any atom is 0.262 e. The minimum absolute atomic E-state index is 0.0467. The van der Waals surface area contributed by atoms with E-state index in [2.05, 4.69) is 14.9 Å². The topological polar surface area (TPSA) is 127 Å². The molecule has 5 rings (SSSR count). The molecule has 212 valence electrons. The number of likely N-dealkylation sites (N-methyl/N-ethyl adjacent to an activating group) is 1. The van der Waals surface area contributed by atoms with E-state index in [1.165, 1.54) is 27.5 Å². The first-order valence-electron chi connectivity index (χ1n) is 13.1. The standard InChI is InChI=1S/C30H31N5O5S/c1-21-16-26(41(39,40)34-14-12-33(2)13-15-34)19-32-29(21)23-5-7-24(8-6-23)35(20-22-4-3-11-31-18-22)30(38)27-10-9-25(36)17-28(27)37/h3-11,16-19,36-37H,12-15,20H2,1-2H3. The van der Waals surface area contributed by atoms with Gasteiger partial charge in [-0.05, 0) is 61.5 Å². The highest BCUT2D eigenvalue weighted by molar-refractivity contribution is 7.89. The second-order valence-corrected chi connectivity index (χ2v) is 12.0. The number of piperazine rings is 1. The summed E-state index contributed by atoms with van der Waals surface area (Å²) in [7, 11) is -1.66. The molecule has 2 aromatic heterocycles. The largest absolute Gasteiger partial charge is 0.508 e. The van der Waals surface area contributed by atoms with Crippen molar-refractivity contribution in [3.8, 4) is 22.8 Å². The molecule has 1 aliphatic heterocycles. The highest BCUT2D eigenvalue weighted by Gasteiger charge is 2.28. The zero-order valence-corrected chi connectivity index (χ0v) is 23.6. The second kappa shape index (κ2) is 11.7. The van der Waals surface area contributed by atoms with E-state index >= 15 is 0 Å². The molecule has 2 aromatic carbocycles. The molecule has 4 aromatic rings. The van der Waals surface area contributed by atoms with E-state index in [1.54, 1.807) is 36.7 Å². The van der Waals surface area contributed by atoms with Crippen molar-refractivity contribution < 1.29 is 23.4 Å². The summed E-state index contributed by atoms with van der Waals surface area (Å²) in [5.74, 6) is -0.923. The van der Waals surface area contributed by atoms with Crippen LogP contribution in [-0.2, 0) is 16.6 Å². The molecule has 0 bridgehead atoms. The number of pyridine rings is 2. The molecular weight excluding hydrogens is 542 g/mol. The number of sulfonamides is 1. The minimum atomic E-state index is -3.64. The van der Waals surface area contributed by atoms with Crippen LogP contribution in [0.3, 0.4) is 0 Å². The van der Waals surface area contributed by atoms with Gasteiger partial charge in [-0.3, -0.25) is 14.8 Å². The first-order valence-corrected chi connectivity index (χ1v) is 14.6. The van der Waals surface area contributed by atoms with Gasteiger partial charge in [-0.15, -0.1) is 0 Å². The number of phenols is 2. The lowest BCUT2D eigenvalue weighted by molar-refractivity contribution is 0.0982. The molecule has 0 saturated carbocycles. The van der Waals surface area contributed by atoms with Crippen LogP contribution in [0.25, 0.3) is 11.3 Å². The van der Waals surface area contributed by atoms with Crippen molar-refractivity contribution in [2.75, 3.05) is 38.1 Å². The average molecular weight is 574 g/mol. The summed E-state index contributed by atoms with van der Waals surface area (Å²) in [6.45, 7) is 4.27. The lowest BCUT2D eigenvalue weighted by Crippen LogP contribution is -2.47. The number of hydrogen-bond acceptors (Lipinski definition) is 8. The molecule has 11 heteroatoms. The fourth-order valence-corrected chi connectivity index (χ4v) is 6.22. The third-order valence-corrected chi connectivity index (χ3v) is 8.99. The molecule has 0 aliphatic carbocycles. The van der Waals surface area contributed by atoms with E-state index in [4.69, 9.17) is 0 Å². The van der Waals surface area contributed by atoms with E-state index in [0.29, 0.717) is 43.1 Å². The van der Waals surface area contributed by atoms with Gasteiger partial charge in [0.15, 0.2) is 0 Å². The summed E-state index contributed by atoms with van der Waals surface area (Å²) >= 11 is 0. The first-order chi connectivity index (χ1) is 19.6. The van der Waals surface area contributed by atoms with Crippen molar-refractivity contribution in [3.05, 3.63) is 95.9 Å². The van der Waals surface area contributed by atoms with Crippen LogP contribution < -0.4 is 4.90 Å². The minimum Gasteiger partial charge on any atom is -0.508 e. The molecular formula is C30H31N5O5S. The van der Waals surface area contributed by atoms with Crippen molar-refractivity contribution in [1.82, 2.24) is 19.2 Å². The fourth-order valence-electron chi connectivity index (χ4n) is 4.77. The number of benzene rings is 2. The Balaban J connectivity index is 1.43. The monoisotopic (exact) mass is 573 g/mol. The Labute approximate surface area is 239 Å². The third-order valence-electron chi connectivity index (χ3n) is 7.13. The van der Waals surface area contributed by atoms with Gasteiger partial charge in [0.25, 0.3) is 5.91 Å². The number of rotatable bonds is 7. The number of phenolic OH excluding ortho intramolecular Hbond substituents is 2. The van der Waals surface area contributed by atoms with Crippen molar-refractivity contribution in [2.24, 2.45) is 0 Å². The van der Waals surface area contributed by atoms with Crippen molar-refractivity contribution in [2.45, 2.75) is 18.4 Å². The van der Waals surface area contributed by atoms with Crippen LogP contribution in [0.2, 0.25) is 0 Å². The Hall–Kier alpha value is -4.32. The summed E-state index contributed by atoms with van der Waals surface area (Å²) in [5.41, 5.74) is 3.52. The Morgan fingerprint density at radius 1 is 0.976 bits per heavy atom. The van der Waals surface area contributed by atoms with Gasteiger partial charge in [-0.2, -0.15) is 4.31 Å². The Morgan fingerprint density at radius 2 is 1.71 bits per heavy atom. The van der Waals surface area contributed by atoms with Crippen LogP contribution in [0.15, 0.2) is 84.1 Å². The maximum absolute atomic E-state index is 13.6. The number of carbonyl (C=O) groups excluding carboxylic acids is 1. The summed E-state index contributed by atoms with van der Waals surface area (Å²) in [6.07, 6.45) is 4.71. The van der Waals surface area contributed by atoms with E-state index in [-0.39, 0.29) is 28.5 Å². The smallest absolute Gasteiger partial charge is 0.262 e. The third kappa shape index (κ3) is 6.07. The number of aromatic nitrogens is 2. The van der Waals surface area contributed by atoms with Gasteiger partial charge < -0.3 is 20.0 Å². The normalized spacial score (nSPS) is 14.6. The predicted molar refractivity (Wildman–Crippen MR) is 155 cm³/mol. The Bertz CT molecular complexity index is 1650. The lowest BCUT2D eigenvalue weighted by Gasteiger charge is -2.31. The number of anilines is 1. The molecule has 2 N–H and O–H groups in total. The van der Waals surface area contributed by atoms with Gasteiger partial charge in [0.05, 0.1) is 17.8 Å². The average Bonchev–Trinajstić information content (AvgIpc) is 2.96. The summed E-state index contributed by atoms with van der Waals surface area (Å²) in [6, 6.07) is 16.3. The van der Waals surface area contributed by atoms with Crippen LogP contribution in [0.1, 0.15) is 21.5 Å². The summed E-state index contributed by atoms with van der Waals surface area (Å²) in [4.78, 5) is 26.0. The zero-order valence-electron chi connectivity index (χ0n) is 22.8. The van der Waals surface area contributed by atoms with Crippen LogP contribution in [0, 0.1) is 6.92 Å². The molecule has 1 saturated heterocycles. The predicted octanol–water partition coefficient (Wildman–Crippen LogP) is 3.65. The molecule has 0 atom stereocenters. The highest BCUT2D eigenvalue weighted by atomic mass is 32.2. The molecule has 1 amide bonds. The van der Waals surface area contributed by atoms with E-state index < -0.39 is 15.9 Å². The number of aromatic hydroxyl groups is 2.